The van der Waals surface area contributed by atoms with Crippen LogP contribution in [0.2, 0.25) is 5.02 Å². The maximum absolute atomic E-state index is 13.8. The molecular weight excluding hydrogens is 453 g/mol. The van der Waals surface area contributed by atoms with Gasteiger partial charge in [0.25, 0.3) is 5.91 Å². The van der Waals surface area contributed by atoms with Crippen LogP contribution < -0.4 is 20.1 Å². The molecule has 1 aromatic carbocycles. The van der Waals surface area contributed by atoms with Crippen molar-refractivity contribution in [2.75, 3.05) is 24.9 Å². The lowest BCUT2D eigenvalue weighted by Crippen LogP contribution is -2.35. The number of anilines is 2. The average Bonchev–Trinajstić information content (AvgIpc) is 3.41. The zero-order valence-electron chi connectivity index (χ0n) is 16.9. The Balaban J connectivity index is 1.67. The summed E-state index contributed by atoms with van der Waals surface area (Å²) in [5.41, 5.74) is -0.0261. The predicted octanol–water partition coefficient (Wildman–Crippen LogP) is 5.06. The lowest BCUT2D eigenvalue weighted by Gasteiger charge is -2.32. The van der Waals surface area contributed by atoms with Gasteiger partial charge in [0, 0.05) is 18.2 Å². The Kier molecular flexibility index (Phi) is 5.68. The smallest absolute Gasteiger partial charge is 0.410 e. The van der Waals surface area contributed by atoms with Crippen LogP contribution >= 0.6 is 11.6 Å². The largest absolute Gasteiger partial charge is 0.493 e. The number of ether oxygens (including phenoxy) is 2. The van der Waals surface area contributed by atoms with E-state index in [1.54, 1.807) is 24.3 Å². The molecule has 12 heteroatoms. The van der Waals surface area contributed by atoms with Crippen LogP contribution in [0.4, 0.5) is 24.7 Å². The van der Waals surface area contributed by atoms with Crippen molar-refractivity contribution in [3.05, 3.63) is 53.1 Å². The molecule has 0 fully saturated rings. The quantitative estimate of drug-likeness (QED) is 0.541. The molecular formula is C20H18ClF3N4O4. The van der Waals surface area contributed by atoms with Gasteiger partial charge in [0.15, 0.2) is 23.2 Å². The number of furan rings is 1. The van der Waals surface area contributed by atoms with Crippen molar-refractivity contribution >= 4 is 29.0 Å². The number of carbonyl (C=O) groups excluding carboxylic acids is 1. The van der Waals surface area contributed by atoms with Crippen molar-refractivity contribution in [3.63, 3.8) is 0 Å². The summed E-state index contributed by atoms with van der Waals surface area (Å²) in [4.78, 5) is 12.8. The van der Waals surface area contributed by atoms with Crippen molar-refractivity contribution in [1.82, 2.24) is 9.78 Å². The van der Waals surface area contributed by atoms with Crippen LogP contribution in [0.25, 0.3) is 0 Å². The average molecular weight is 471 g/mol. The van der Waals surface area contributed by atoms with Crippen LogP contribution in [0.5, 0.6) is 11.5 Å². The van der Waals surface area contributed by atoms with Gasteiger partial charge in [-0.2, -0.15) is 18.3 Å². The highest BCUT2D eigenvalue weighted by molar-refractivity contribution is 6.36. The molecule has 0 radical (unpaired) electrons. The summed E-state index contributed by atoms with van der Waals surface area (Å²) in [7, 11) is 2.90. The summed E-state index contributed by atoms with van der Waals surface area (Å²) >= 11 is 6.30. The number of halogens is 4. The summed E-state index contributed by atoms with van der Waals surface area (Å²) in [6, 6.07) is 4.99. The molecule has 8 nitrogen and oxygen atoms in total. The Bertz CT molecular complexity index is 1130. The first-order valence-electron chi connectivity index (χ1n) is 9.41. The molecule has 2 N–H and O–H groups in total. The maximum Gasteiger partial charge on any atom is 0.410 e. The van der Waals surface area contributed by atoms with Gasteiger partial charge < -0.3 is 24.5 Å². The van der Waals surface area contributed by atoms with E-state index in [2.05, 4.69) is 15.7 Å². The van der Waals surface area contributed by atoms with E-state index in [0.717, 1.165) is 0 Å². The minimum absolute atomic E-state index is 0.112. The number of nitrogens with one attached hydrogen (secondary N) is 2. The number of fused-ring (bicyclic) bond motifs is 1. The Morgan fingerprint density at radius 2 is 2.03 bits per heavy atom. The molecule has 3 aromatic rings. The highest BCUT2D eigenvalue weighted by Gasteiger charge is 2.48. The molecule has 0 saturated heterocycles. The number of aromatic nitrogens is 2. The number of benzene rings is 1. The molecule has 32 heavy (non-hydrogen) atoms. The van der Waals surface area contributed by atoms with Crippen molar-refractivity contribution in [2.45, 2.75) is 24.7 Å². The van der Waals surface area contributed by atoms with Crippen molar-refractivity contribution < 1.29 is 31.9 Å². The van der Waals surface area contributed by atoms with Crippen LogP contribution in [-0.4, -0.2) is 36.1 Å². The van der Waals surface area contributed by atoms with Gasteiger partial charge in [0.05, 0.1) is 26.5 Å². The molecule has 0 saturated carbocycles. The minimum Gasteiger partial charge on any atom is -0.493 e. The summed E-state index contributed by atoms with van der Waals surface area (Å²) in [5.74, 6) is 0.238. The van der Waals surface area contributed by atoms with Crippen LogP contribution in [-0.2, 0) is 0 Å². The van der Waals surface area contributed by atoms with Crippen LogP contribution in [0.15, 0.2) is 41.0 Å². The highest BCUT2D eigenvalue weighted by atomic mass is 35.5. The standard InChI is InChI=1S/C20H18ClF3N4O4/c1-30-13-6-5-10(8-14(13)31-2)25-19(29)17-16(21)18-26-11(12-4-3-7-32-12)9-15(20(22,23)24)28(18)27-17/h3-8,11,15,26H,9H2,1-2H3,(H,25,29)/t11-,15+/m1/s1. The third kappa shape index (κ3) is 3.95. The topological polar surface area (TPSA) is 90.5 Å². The van der Waals surface area contributed by atoms with Gasteiger partial charge in [-0.25, -0.2) is 4.68 Å². The first-order valence-corrected chi connectivity index (χ1v) is 9.78. The number of nitrogens with zero attached hydrogens (tertiary/aromatic N) is 2. The van der Waals surface area contributed by atoms with Crippen molar-refractivity contribution in [2.24, 2.45) is 0 Å². The van der Waals surface area contributed by atoms with Gasteiger partial charge in [-0.3, -0.25) is 4.79 Å². The fourth-order valence-corrected chi connectivity index (χ4v) is 3.78. The second-order valence-corrected chi connectivity index (χ2v) is 7.36. The van der Waals surface area contributed by atoms with E-state index >= 15 is 0 Å². The second kappa shape index (κ2) is 8.30. The fourth-order valence-electron chi connectivity index (χ4n) is 3.51. The van der Waals surface area contributed by atoms with Gasteiger partial charge in [0.2, 0.25) is 0 Å². The molecule has 0 unspecified atom stereocenters. The number of carbonyl (C=O) groups is 1. The molecule has 170 valence electrons. The third-order valence-corrected chi connectivity index (χ3v) is 5.40. The lowest BCUT2D eigenvalue weighted by molar-refractivity contribution is -0.174. The van der Waals surface area contributed by atoms with Crippen LogP contribution in [0, 0.1) is 0 Å². The zero-order chi connectivity index (χ0) is 23.0. The molecule has 1 aliphatic rings. The number of hydrogen-bond donors (Lipinski definition) is 2. The molecule has 0 bridgehead atoms. The molecule has 0 aliphatic carbocycles. The van der Waals surface area contributed by atoms with E-state index in [4.69, 9.17) is 25.5 Å². The van der Waals surface area contributed by atoms with E-state index < -0.39 is 24.2 Å². The van der Waals surface area contributed by atoms with E-state index in [0.29, 0.717) is 27.6 Å². The lowest BCUT2D eigenvalue weighted by atomic mass is 10.0. The van der Waals surface area contributed by atoms with E-state index in [-0.39, 0.29) is 23.0 Å². The molecule has 2 atom stereocenters. The Hall–Kier alpha value is -3.34. The first kappa shape index (κ1) is 21.9. The zero-order valence-corrected chi connectivity index (χ0v) is 17.6. The molecule has 3 heterocycles. The normalized spacial score (nSPS) is 17.9. The Labute approximate surface area is 185 Å². The van der Waals surface area contributed by atoms with Crippen molar-refractivity contribution in [1.29, 1.82) is 0 Å². The van der Waals surface area contributed by atoms with Crippen LogP contribution in [0.3, 0.4) is 0 Å². The van der Waals surface area contributed by atoms with Crippen LogP contribution in [0.1, 0.15) is 34.8 Å². The molecule has 2 aromatic heterocycles. The number of rotatable bonds is 5. The van der Waals surface area contributed by atoms with Gasteiger partial charge in [0.1, 0.15) is 16.6 Å². The molecule has 0 spiro atoms. The highest BCUT2D eigenvalue weighted by Crippen LogP contribution is 2.46. The monoisotopic (exact) mass is 470 g/mol. The van der Waals surface area contributed by atoms with Gasteiger partial charge in [-0.1, -0.05) is 11.6 Å². The number of amides is 1. The number of alkyl halides is 3. The predicted molar refractivity (Wildman–Crippen MR) is 110 cm³/mol. The number of methoxy groups -OCH3 is 2. The minimum atomic E-state index is -4.62. The van der Waals surface area contributed by atoms with Gasteiger partial charge in [-0.15, -0.1) is 0 Å². The van der Waals surface area contributed by atoms with Gasteiger partial charge in [-0.05, 0) is 24.3 Å². The maximum atomic E-state index is 13.8. The molecule has 1 aliphatic heterocycles. The SMILES string of the molecule is COc1ccc(NC(=O)c2nn3c(c2Cl)N[C@@H](c2ccco2)C[C@H]3C(F)(F)F)cc1OC. The molecule has 4 rings (SSSR count). The van der Waals surface area contributed by atoms with Gasteiger partial charge >= 0.3 is 6.18 Å². The van der Waals surface area contributed by atoms with E-state index in [9.17, 15) is 18.0 Å². The Morgan fingerprint density at radius 3 is 2.66 bits per heavy atom. The summed E-state index contributed by atoms with van der Waals surface area (Å²) in [5, 5.41) is 9.13. The summed E-state index contributed by atoms with van der Waals surface area (Å²) in [6.45, 7) is 0. The van der Waals surface area contributed by atoms with E-state index in [1.165, 1.54) is 26.5 Å². The number of hydrogen-bond acceptors (Lipinski definition) is 6. The van der Waals surface area contributed by atoms with Crippen molar-refractivity contribution in [3.8, 4) is 11.5 Å². The summed E-state index contributed by atoms with van der Waals surface area (Å²) in [6.07, 6.45) is -3.62. The third-order valence-electron chi connectivity index (χ3n) is 5.04. The molecule has 1 amide bonds. The fraction of sp³-hybridized carbons (Fsp3) is 0.300. The summed E-state index contributed by atoms with van der Waals surface area (Å²) < 4.78 is 57.7. The first-order chi connectivity index (χ1) is 15.2. The van der Waals surface area contributed by atoms with E-state index in [1.807, 2.05) is 0 Å². The Morgan fingerprint density at radius 1 is 1.28 bits per heavy atom. The second-order valence-electron chi connectivity index (χ2n) is 6.99.